The van der Waals surface area contributed by atoms with Crippen LogP contribution < -0.4 is 10.6 Å². The Morgan fingerprint density at radius 1 is 0.929 bits per heavy atom. The van der Waals surface area contributed by atoms with Gasteiger partial charge in [0, 0.05) is 30.3 Å². The summed E-state index contributed by atoms with van der Waals surface area (Å²) >= 11 is 0. The van der Waals surface area contributed by atoms with Crippen molar-refractivity contribution in [2.24, 2.45) is 0 Å². The third-order valence-electron chi connectivity index (χ3n) is 3.65. The van der Waals surface area contributed by atoms with E-state index < -0.39 is 32.9 Å². The number of anilines is 1. The van der Waals surface area contributed by atoms with Crippen LogP contribution in [0.25, 0.3) is 0 Å². The third kappa shape index (κ3) is 4.94. The number of non-ortho nitro benzene ring substituents is 1. The van der Waals surface area contributed by atoms with E-state index in [0.29, 0.717) is 0 Å². The zero-order valence-corrected chi connectivity index (χ0v) is 14.3. The van der Waals surface area contributed by atoms with Crippen LogP contribution >= 0.6 is 0 Å². The van der Waals surface area contributed by atoms with Gasteiger partial charge in [-0.05, 0) is 18.2 Å². The van der Waals surface area contributed by atoms with E-state index in [1.165, 1.54) is 30.3 Å². The van der Waals surface area contributed by atoms with Crippen LogP contribution in [0.2, 0.25) is 0 Å². The fraction of sp³-hybridized carbons (Fsp3) is 0.118. The normalized spacial score (nSPS) is 10.0. The molecular formula is C17H14N4O7. The summed E-state index contributed by atoms with van der Waals surface area (Å²) in [6, 6.07) is 8.69. The zero-order valence-electron chi connectivity index (χ0n) is 14.3. The first-order valence-electron chi connectivity index (χ1n) is 7.88. The van der Waals surface area contributed by atoms with E-state index in [0.717, 1.165) is 12.1 Å². The monoisotopic (exact) mass is 386 g/mol. The average molecular weight is 386 g/mol. The van der Waals surface area contributed by atoms with Gasteiger partial charge in [-0.2, -0.15) is 0 Å². The molecule has 0 bridgehead atoms. The van der Waals surface area contributed by atoms with Crippen LogP contribution in [-0.4, -0.2) is 40.9 Å². The van der Waals surface area contributed by atoms with Crippen molar-refractivity contribution in [1.82, 2.24) is 5.32 Å². The number of aldehydes is 1. The van der Waals surface area contributed by atoms with E-state index in [4.69, 9.17) is 0 Å². The molecule has 2 aromatic carbocycles. The fourth-order valence-corrected chi connectivity index (χ4v) is 2.26. The fourth-order valence-electron chi connectivity index (χ4n) is 2.26. The van der Waals surface area contributed by atoms with Gasteiger partial charge in [0.05, 0.1) is 15.9 Å². The number of carbonyl (C=O) groups is 3. The first-order valence-corrected chi connectivity index (χ1v) is 7.88. The van der Waals surface area contributed by atoms with Crippen LogP contribution in [-0.2, 0) is 4.79 Å². The average Bonchev–Trinajstić information content (AvgIpc) is 2.70. The smallest absolute Gasteiger partial charge is 0.299 e. The second-order valence-electron chi connectivity index (χ2n) is 5.46. The van der Waals surface area contributed by atoms with Crippen molar-refractivity contribution in [2.75, 3.05) is 18.4 Å². The van der Waals surface area contributed by atoms with Gasteiger partial charge >= 0.3 is 0 Å². The summed E-state index contributed by atoms with van der Waals surface area (Å²) in [5.74, 6) is -1.13. The Kier molecular flexibility index (Phi) is 6.47. The molecule has 1 amide bonds. The molecule has 0 unspecified atom stereocenters. The maximum Gasteiger partial charge on any atom is 0.299 e. The molecule has 0 fully saturated rings. The van der Waals surface area contributed by atoms with E-state index in [2.05, 4.69) is 10.6 Å². The number of nitrogens with one attached hydrogen (secondary N) is 2. The highest BCUT2D eigenvalue weighted by Gasteiger charge is 2.19. The van der Waals surface area contributed by atoms with Crippen molar-refractivity contribution in [2.45, 2.75) is 0 Å². The zero-order chi connectivity index (χ0) is 20.7. The van der Waals surface area contributed by atoms with Crippen LogP contribution in [0.5, 0.6) is 0 Å². The molecule has 0 aliphatic rings. The van der Waals surface area contributed by atoms with Crippen LogP contribution in [0.3, 0.4) is 0 Å². The van der Waals surface area contributed by atoms with Gasteiger partial charge in [-0.1, -0.05) is 12.1 Å². The van der Waals surface area contributed by atoms with E-state index >= 15 is 0 Å². The second kappa shape index (κ2) is 8.98. The Morgan fingerprint density at radius 2 is 1.57 bits per heavy atom. The van der Waals surface area contributed by atoms with Crippen molar-refractivity contribution in [3.8, 4) is 0 Å². The largest absolute Gasteiger partial charge is 0.378 e. The van der Waals surface area contributed by atoms with Gasteiger partial charge in [0.1, 0.15) is 5.69 Å². The van der Waals surface area contributed by atoms with Crippen molar-refractivity contribution < 1.29 is 24.2 Å². The number of Topliss-reactive ketones (excluding diaryl/α,β-unsaturated/α-hetero) is 1. The van der Waals surface area contributed by atoms with E-state index in [1.807, 2.05) is 0 Å². The van der Waals surface area contributed by atoms with Crippen molar-refractivity contribution in [1.29, 1.82) is 0 Å². The van der Waals surface area contributed by atoms with E-state index in [-0.39, 0.29) is 36.2 Å². The molecule has 28 heavy (non-hydrogen) atoms. The number of hydrogen-bond acceptors (Lipinski definition) is 8. The summed E-state index contributed by atoms with van der Waals surface area (Å²) in [5.41, 5.74) is -0.331. The van der Waals surface area contributed by atoms with Crippen molar-refractivity contribution in [3.05, 3.63) is 73.8 Å². The number of carbonyl (C=O) groups excluding carboxylic acids is 3. The summed E-state index contributed by atoms with van der Waals surface area (Å²) in [4.78, 5) is 53.9. The number of nitro groups is 2. The highest BCUT2D eigenvalue weighted by atomic mass is 16.6. The molecule has 0 heterocycles. The summed E-state index contributed by atoms with van der Waals surface area (Å²) < 4.78 is 0. The standard InChI is InChI=1S/C17H14N4O7/c22-10-16(23)11-1-3-12(4-2-11)17(24)19-8-7-18-14-6-5-13(20(25)26)9-15(14)21(27)28/h1-6,9-10,18H,7-8H2,(H,19,24). The van der Waals surface area contributed by atoms with Crippen molar-refractivity contribution in [3.63, 3.8) is 0 Å². The number of hydrogen-bond donors (Lipinski definition) is 2. The quantitative estimate of drug-likeness (QED) is 0.164. The highest BCUT2D eigenvalue weighted by Crippen LogP contribution is 2.28. The molecule has 144 valence electrons. The highest BCUT2D eigenvalue weighted by molar-refractivity contribution is 6.33. The van der Waals surface area contributed by atoms with Crippen molar-refractivity contribution >= 4 is 35.0 Å². The summed E-state index contributed by atoms with van der Waals surface area (Å²) in [6.07, 6.45) is 0.179. The molecule has 0 atom stereocenters. The second-order valence-corrected chi connectivity index (χ2v) is 5.46. The van der Waals surface area contributed by atoms with E-state index in [9.17, 15) is 34.6 Å². The Bertz CT molecular complexity index is 941. The van der Waals surface area contributed by atoms with Gasteiger partial charge in [0.25, 0.3) is 17.3 Å². The minimum atomic E-state index is -0.740. The van der Waals surface area contributed by atoms with Gasteiger partial charge in [0.2, 0.25) is 5.78 Å². The lowest BCUT2D eigenvalue weighted by molar-refractivity contribution is -0.393. The van der Waals surface area contributed by atoms with Gasteiger partial charge in [-0.3, -0.25) is 34.6 Å². The molecule has 0 saturated carbocycles. The van der Waals surface area contributed by atoms with Gasteiger partial charge in [-0.25, -0.2) is 0 Å². The van der Waals surface area contributed by atoms with E-state index in [1.54, 1.807) is 0 Å². The maximum absolute atomic E-state index is 12.0. The first kappa shape index (κ1) is 20.2. The Balaban J connectivity index is 1.92. The van der Waals surface area contributed by atoms with Crippen LogP contribution in [0.15, 0.2) is 42.5 Å². The Hall–Kier alpha value is -4.15. The minimum Gasteiger partial charge on any atom is -0.378 e. The number of nitrogens with zero attached hydrogens (tertiary/aromatic N) is 2. The number of amides is 1. The van der Waals surface area contributed by atoms with Gasteiger partial charge < -0.3 is 10.6 Å². The maximum atomic E-state index is 12.0. The van der Waals surface area contributed by atoms with Gasteiger partial charge in [0.15, 0.2) is 6.29 Å². The molecule has 0 spiro atoms. The third-order valence-corrected chi connectivity index (χ3v) is 3.65. The molecule has 0 saturated heterocycles. The molecule has 0 radical (unpaired) electrons. The molecule has 0 aliphatic carbocycles. The Labute approximate surface area is 157 Å². The topological polar surface area (TPSA) is 162 Å². The summed E-state index contributed by atoms with van der Waals surface area (Å²) in [5, 5.41) is 27.1. The summed E-state index contributed by atoms with van der Waals surface area (Å²) in [6.45, 7) is 0.244. The number of rotatable bonds is 9. The molecule has 2 aromatic rings. The lowest BCUT2D eigenvalue weighted by Gasteiger charge is -2.09. The predicted octanol–water partition coefficient (Wildman–Crippen LogP) is 1.73. The van der Waals surface area contributed by atoms with Crippen LogP contribution in [0.1, 0.15) is 20.7 Å². The Morgan fingerprint density at radius 3 is 2.14 bits per heavy atom. The minimum absolute atomic E-state index is 0.0848. The number of benzene rings is 2. The lowest BCUT2D eigenvalue weighted by atomic mass is 10.1. The summed E-state index contributed by atoms with van der Waals surface area (Å²) in [7, 11) is 0. The SMILES string of the molecule is O=CC(=O)c1ccc(C(=O)NCCNc2ccc([N+](=O)[O-])cc2[N+](=O)[O-])cc1. The van der Waals surface area contributed by atoms with Gasteiger partial charge in [-0.15, -0.1) is 0 Å². The molecule has 11 nitrogen and oxygen atoms in total. The first-order chi connectivity index (χ1) is 13.3. The lowest BCUT2D eigenvalue weighted by Crippen LogP contribution is -2.28. The van der Waals surface area contributed by atoms with Crippen LogP contribution in [0.4, 0.5) is 17.1 Å². The molecule has 2 N–H and O–H groups in total. The molecule has 0 aromatic heterocycles. The molecule has 11 heteroatoms. The van der Waals surface area contributed by atoms with Crippen LogP contribution in [0, 0.1) is 20.2 Å². The molecular weight excluding hydrogens is 372 g/mol. The molecule has 0 aliphatic heterocycles. The number of ketones is 1. The predicted molar refractivity (Wildman–Crippen MR) is 97.4 cm³/mol. The molecule has 2 rings (SSSR count). The number of nitro benzene ring substituents is 2.